The van der Waals surface area contributed by atoms with Crippen LogP contribution in [0.3, 0.4) is 0 Å². The Morgan fingerprint density at radius 3 is 2.52 bits per heavy atom. The van der Waals surface area contributed by atoms with E-state index in [0.717, 1.165) is 0 Å². The molecule has 0 aliphatic carbocycles. The Kier molecular flexibility index (Phi) is 6.44. The van der Waals surface area contributed by atoms with Crippen LogP contribution in [0.25, 0.3) is 0 Å². The molecule has 118 valence electrons. The number of likely N-dealkylation sites (N-methyl/N-ethyl adjacent to an activating group) is 1. The third-order valence-corrected chi connectivity index (χ3v) is 4.22. The number of hydrogen-bond donors (Lipinski definition) is 3. The SMILES string of the molecule is CCNC(=O)c1sc(N(CC)CCOC)c(C(N)=O)c1N. The van der Waals surface area contributed by atoms with Crippen LogP contribution >= 0.6 is 11.3 Å². The molecule has 5 N–H and O–H groups in total. The predicted molar refractivity (Wildman–Crippen MR) is 85.0 cm³/mol. The minimum atomic E-state index is -0.634. The van der Waals surface area contributed by atoms with Gasteiger partial charge in [-0.25, -0.2) is 0 Å². The summed E-state index contributed by atoms with van der Waals surface area (Å²) in [5.41, 5.74) is 11.7. The predicted octanol–water partition coefficient (Wildman–Crippen LogP) is 0.652. The molecule has 21 heavy (non-hydrogen) atoms. The first-order chi connectivity index (χ1) is 9.97. The molecule has 7 nitrogen and oxygen atoms in total. The first-order valence-corrected chi connectivity index (χ1v) is 7.53. The summed E-state index contributed by atoms with van der Waals surface area (Å²) in [5, 5.41) is 3.29. The number of nitrogen functional groups attached to an aromatic ring is 1. The molecule has 0 fully saturated rings. The van der Waals surface area contributed by atoms with Crippen LogP contribution in [0.1, 0.15) is 33.9 Å². The molecule has 0 saturated carbocycles. The van der Waals surface area contributed by atoms with E-state index in [1.54, 1.807) is 7.11 Å². The van der Waals surface area contributed by atoms with Crippen LogP contribution in [0.4, 0.5) is 10.7 Å². The molecular formula is C13H22N4O3S. The quantitative estimate of drug-likeness (QED) is 0.652. The van der Waals surface area contributed by atoms with Gasteiger partial charge >= 0.3 is 0 Å². The Morgan fingerprint density at radius 2 is 2.05 bits per heavy atom. The summed E-state index contributed by atoms with van der Waals surface area (Å²) in [7, 11) is 1.60. The zero-order chi connectivity index (χ0) is 16.0. The molecule has 0 unspecified atom stereocenters. The highest BCUT2D eigenvalue weighted by Crippen LogP contribution is 2.38. The lowest BCUT2D eigenvalue weighted by Crippen LogP contribution is -2.28. The highest BCUT2D eigenvalue weighted by Gasteiger charge is 2.26. The Morgan fingerprint density at radius 1 is 1.38 bits per heavy atom. The number of carbonyl (C=O) groups excluding carboxylic acids is 2. The van der Waals surface area contributed by atoms with Crippen LogP contribution in [-0.4, -0.2) is 45.2 Å². The van der Waals surface area contributed by atoms with Crippen LogP contribution in [0.2, 0.25) is 0 Å². The van der Waals surface area contributed by atoms with Crippen molar-refractivity contribution in [2.45, 2.75) is 13.8 Å². The number of nitrogens with zero attached hydrogens (tertiary/aromatic N) is 1. The number of nitrogens with two attached hydrogens (primary N) is 2. The van der Waals surface area contributed by atoms with Gasteiger partial charge in [-0.2, -0.15) is 0 Å². The maximum Gasteiger partial charge on any atom is 0.263 e. The standard InChI is InChI=1S/C13H22N4O3S/c1-4-16-12(19)10-9(14)8(11(15)18)13(21-10)17(5-2)6-7-20-3/h4-7,14H2,1-3H3,(H2,15,18)(H,16,19). The Labute approximate surface area is 128 Å². The molecule has 2 amide bonds. The first-order valence-electron chi connectivity index (χ1n) is 6.71. The maximum absolute atomic E-state index is 12.0. The molecule has 1 rings (SSSR count). The monoisotopic (exact) mass is 314 g/mol. The van der Waals surface area contributed by atoms with E-state index in [-0.39, 0.29) is 17.2 Å². The molecule has 0 atom stereocenters. The average molecular weight is 314 g/mol. The van der Waals surface area contributed by atoms with E-state index in [9.17, 15) is 9.59 Å². The highest BCUT2D eigenvalue weighted by atomic mass is 32.1. The summed E-state index contributed by atoms with van der Waals surface area (Å²) in [6.07, 6.45) is 0. The van der Waals surface area contributed by atoms with E-state index in [1.807, 2.05) is 18.7 Å². The van der Waals surface area contributed by atoms with Gasteiger partial charge in [0.15, 0.2) is 0 Å². The molecule has 1 aromatic heterocycles. The fourth-order valence-electron chi connectivity index (χ4n) is 1.91. The van der Waals surface area contributed by atoms with Gasteiger partial charge in [0.2, 0.25) is 0 Å². The number of anilines is 2. The second-order valence-electron chi connectivity index (χ2n) is 4.32. The number of methoxy groups -OCH3 is 1. The van der Waals surface area contributed by atoms with Crippen molar-refractivity contribution in [2.24, 2.45) is 5.73 Å². The van der Waals surface area contributed by atoms with Gasteiger partial charge < -0.3 is 26.4 Å². The van der Waals surface area contributed by atoms with Crippen molar-refractivity contribution in [2.75, 3.05) is 44.0 Å². The van der Waals surface area contributed by atoms with E-state index < -0.39 is 5.91 Å². The van der Waals surface area contributed by atoms with E-state index in [2.05, 4.69) is 5.32 Å². The van der Waals surface area contributed by atoms with Crippen LogP contribution < -0.4 is 21.7 Å². The molecule has 0 spiro atoms. The molecule has 0 aliphatic rings. The fourth-order valence-corrected chi connectivity index (χ4v) is 3.14. The second-order valence-corrected chi connectivity index (χ2v) is 5.32. The summed E-state index contributed by atoms with van der Waals surface area (Å²) in [6, 6.07) is 0. The molecule has 0 bridgehead atoms. The minimum absolute atomic E-state index is 0.143. The van der Waals surface area contributed by atoms with Crippen molar-refractivity contribution < 1.29 is 14.3 Å². The van der Waals surface area contributed by atoms with Crippen molar-refractivity contribution in [3.05, 3.63) is 10.4 Å². The van der Waals surface area contributed by atoms with E-state index >= 15 is 0 Å². The van der Waals surface area contributed by atoms with Gasteiger partial charge in [-0.15, -0.1) is 11.3 Å². The smallest absolute Gasteiger partial charge is 0.263 e. The molecule has 0 saturated heterocycles. The van der Waals surface area contributed by atoms with Gasteiger partial charge in [-0.05, 0) is 13.8 Å². The molecule has 1 heterocycles. The van der Waals surface area contributed by atoms with Crippen LogP contribution in [0, 0.1) is 0 Å². The lowest BCUT2D eigenvalue weighted by molar-refractivity contribution is 0.0960. The van der Waals surface area contributed by atoms with Crippen molar-refractivity contribution >= 4 is 33.8 Å². The Hall–Kier alpha value is -1.80. The second kappa shape index (κ2) is 7.84. The molecule has 8 heteroatoms. The number of rotatable bonds is 8. The topological polar surface area (TPSA) is 111 Å². The Balaban J connectivity index is 3.26. The summed E-state index contributed by atoms with van der Waals surface area (Å²) < 4.78 is 5.06. The van der Waals surface area contributed by atoms with E-state index in [0.29, 0.717) is 36.1 Å². The summed E-state index contributed by atoms with van der Waals surface area (Å²) in [4.78, 5) is 25.9. The fraction of sp³-hybridized carbons (Fsp3) is 0.538. The third kappa shape index (κ3) is 3.85. The van der Waals surface area contributed by atoms with Gasteiger partial charge in [-0.1, -0.05) is 0 Å². The number of amides is 2. The zero-order valence-electron chi connectivity index (χ0n) is 12.6. The van der Waals surface area contributed by atoms with E-state index in [1.165, 1.54) is 11.3 Å². The minimum Gasteiger partial charge on any atom is -0.397 e. The number of hydrogen-bond acceptors (Lipinski definition) is 6. The lowest BCUT2D eigenvalue weighted by atomic mass is 10.2. The number of ether oxygens (including phenoxy) is 1. The number of thiophene rings is 1. The summed E-state index contributed by atoms with van der Waals surface area (Å²) in [5.74, 6) is -0.929. The normalized spacial score (nSPS) is 10.4. The summed E-state index contributed by atoms with van der Waals surface area (Å²) in [6.45, 7) is 5.98. The van der Waals surface area contributed by atoms with Gasteiger partial charge in [-0.3, -0.25) is 9.59 Å². The largest absolute Gasteiger partial charge is 0.397 e. The molecule has 1 aromatic rings. The number of carbonyl (C=O) groups is 2. The molecule has 0 aliphatic heterocycles. The van der Waals surface area contributed by atoms with E-state index in [4.69, 9.17) is 16.2 Å². The van der Waals surface area contributed by atoms with Crippen molar-refractivity contribution in [1.82, 2.24) is 5.32 Å². The average Bonchev–Trinajstić information content (AvgIpc) is 2.78. The molecular weight excluding hydrogens is 292 g/mol. The van der Waals surface area contributed by atoms with Gasteiger partial charge in [0, 0.05) is 26.7 Å². The van der Waals surface area contributed by atoms with Gasteiger partial charge in [0.05, 0.1) is 17.9 Å². The highest BCUT2D eigenvalue weighted by molar-refractivity contribution is 7.19. The lowest BCUT2D eigenvalue weighted by Gasteiger charge is -2.21. The zero-order valence-corrected chi connectivity index (χ0v) is 13.4. The van der Waals surface area contributed by atoms with Crippen molar-refractivity contribution in [3.8, 4) is 0 Å². The van der Waals surface area contributed by atoms with Crippen LogP contribution in [0.5, 0.6) is 0 Å². The molecule has 0 aromatic carbocycles. The van der Waals surface area contributed by atoms with Crippen molar-refractivity contribution in [1.29, 1.82) is 0 Å². The molecule has 0 radical (unpaired) electrons. The Bertz CT molecular complexity index is 516. The van der Waals surface area contributed by atoms with Gasteiger partial charge in [0.25, 0.3) is 11.8 Å². The van der Waals surface area contributed by atoms with Crippen molar-refractivity contribution in [3.63, 3.8) is 0 Å². The maximum atomic E-state index is 12.0. The third-order valence-electron chi connectivity index (χ3n) is 2.95. The van der Waals surface area contributed by atoms with Crippen LogP contribution in [-0.2, 0) is 4.74 Å². The number of primary amides is 1. The number of nitrogens with one attached hydrogen (secondary N) is 1. The van der Waals surface area contributed by atoms with Crippen LogP contribution in [0.15, 0.2) is 0 Å². The summed E-state index contributed by atoms with van der Waals surface area (Å²) >= 11 is 1.18. The van der Waals surface area contributed by atoms with Gasteiger partial charge in [0.1, 0.15) is 9.88 Å². The first kappa shape index (κ1) is 17.3.